The maximum absolute atomic E-state index is 13.9. The Bertz CT molecular complexity index is 1330. The van der Waals surface area contributed by atoms with Gasteiger partial charge in [0.25, 0.3) is 0 Å². The molecule has 6 rings (SSSR count). The standard InChI is InChI=1S/C29H28BrNO6/c1-37-23-10-7-14(11-21(23)32)24-16-8-9-17-25(29(36)31(28(17)35)15-5-3-2-4-6-15)18(16)12-19-26(24)22(33)13-20(30)27(19)34/h7-8,10-11,13,15,17-18,24-25,32H,2-6,9,12H2,1H3. The van der Waals surface area contributed by atoms with Crippen LogP contribution in [0.2, 0.25) is 0 Å². The van der Waals surface area contributed by atoms with Crippen molar-refractivity contribution in [2.24, 2.45) is 17.8 Å². The Labute approximate surface area is 223 Å². The Morgan fingerprint density at radius 1 is 1.03 bits per heavy atom. The third kappa shape index (κ3) is 3.67. The normalized spacial score (nSPS) is 30.1. The van der Waals surface area contributed by atoms with Crippen molar-refractivity contribution in [3.05, 3.63) is 57.1 Å². The third-order valence-corrected chi connectivity index (χ3v) is 9.43. The molecule has 0 spiro atoms. The first-order chi connectivity index (χ1) is 17.8. The summed E-state index contributed by atoms with van der Waals surface area (Å²) in [5.41, 5.74) is 2.30. The number of halogens is 1. The second-order valence-electron chi connectivity index (χ2n) is 10.7. The number of likely N-dealkylation sites (tertiary alicyclic amines) is 1. The van der Waals surface area contributed by atoms with Gasteiger partial charge in [-0.05, 0) is 65.2 Å². The average molecular weight is 566 g/mol. The highest BCUT2D eigenvalue weighted by Gasteiger charge is 2.57. The average Bonchev–Trinajstić information content (AvgIpc) is 3.16. The molecule has 192 valence electrons. The number of Topliss-reactive ketones (excluding diaryl/α,β-unsaturated/α-hetero) is 1. The van der Waals surface area contributed by atoms with Gasteiger partial charge >= 0.3 is 0 Å². The fourth-order valence-corrected chi connectivity index (χ4v) is 7.64. The Hall–Kier alpha value is -3.00. The van der Waals surface area contributed by atoms with Gasteiger partial charge in [-0.1, -0.05) is 37.0 Å². The highest BCUT2D eigenvalue weighted by molar-refractivity contribution is 9.12. The highest BCUT2D eigenvalue weighted by atomic mass is 79.9. The summed E-state index contributed by atoms with van der Waals surface area (Å²) in [6, 6.07) is 4.93. The highest BCUT2D eigenvalue weighted by Crippen LogP contribution is 2.56. The molecule has 1 N–H and O–H groups in total. The van der Waals surface area contributed by atoms with Gasteiger partial charge in [0.05, 0.1) is 23.4 Å². The minimum absolute atomic E-state index is 0.0505. The van der Waals surface area contributed by atoms with Crippen LogP contribution in [0.15, 0.2) is 51.6 Å². The molecule has 1 aromatic carbocycles. The second kappa shape index (κ2) is 9.08. The lowest BCUT2D eigenvalue weighted by Crippen LogP contribution is -2.43. The van der Waals surface area contributed by atoms with Crippen LogP contribution in [0, 0.1) is 17.8 Å². The number of fused-ring (bicyclic) bond motifs is 3. The summed E-state index contributed by atoms with van der Waals surface area (Å²) >= 11 is 3.25. The second-order valence-corrected chi connectivity index (χ2v) is 11.5. The predicted molar refractivity (Wildman–Crippen MR) is 138 cm³/mol. The maximum Gasteiger partial charge on any atom is 0.233 e. The zero-order valence-corrected chi connectivity index (χ0v) is 22.1. The van der Waals surface area contributed by atoms with Crippen LogP contribution in [-0.4, -0.2) is 46.5 Å². The van der Waals surface area contributed by atoms with E-state index in [0.29, 0.717) is 28.9 Å². The number of ether oxygens (including phenoxy) is 1. The number of carbonyl (C=O) groups is 4. The molecule has 2 amide bonds. The smallest absolute Gasteiger partial charge is 0.233 e. The van der Waals surface area contributed by atoms with E-state index < -0.39 is 17.8 Å². The van der Waals surface area contributed by atoms with E-state index in [1.807, 2.05) is 6.08 Å². The molecule has 5 aliphatic rings. The Morgan fingerprint density at radius 2 is 1.78 bits per heavy atom. The lowest BCUT2D eigenvalue weighted by Gasteiger charge is -2.42. The van der Waals surface area contributed by atoms with Crippen molar-refractivity contribution in [3.63, 3.8) is 0 Å². The van der Waals surface area contributed by atoms with Gasteiger partial charge in [0.1, 0.15) is 0 Å². The van der Waals surface area contributed by atoms with E-state index in [0.717, 1.165) is 37.7 Å². The molecular formula is C29H28BrNO6. The van der Waals surface area contributed by atoms with Crippen molar-refractivity contribution in [2.45, 2.75) is 56.9 Å². The molecule has 1 saturated carbocycles. The van der Waals surface area contributed by atoms with Crippen LogP contribution >= 0.6 is 15.9 Å². The van der Waals surface area contributed by atoms with Gasteiger partial charge in [0.15, 0.2) is 23.1 Å². The zero-order valence-electron chi connectivity index (χ0n) is 20.5. The van der Waals surface area contributed by atoms with Crippen molar-refractivity contribution < 1.29 is 29.0 Å². The molecule has 1 saturated heterocycles. The Morgan fingerprint density at radius 3 is 2.49 bits per heavy atom. The number of carbonyl (C=O) groups excluding carboxylic acids is 4. The van der Waals surface area contributed by atoms with E-state index in [1.54, 1.807) is 18.2 Å². The number of phenolic OH excluding ortho intramolecular Hbond substituents is 1. The summed E-state index contributed by atoms with van der Waals surface area (Å²) in [6.07, 6.45) is 8.81. The first kappa shape index (κ1) is 24.3. The first-order valence-corrected chi connectivity index (χ1v) is 13.7. The summed E-state index contributed by atoms with van der Waals surface area (Å²) in [7, 11) is 1.46. The molecule has 2 fully saturated rings. The number of amides is 2. The summed E-state index contributed by atoms with van der Waals surface area (Å²) in [5.74, 6) is -2.48. The van der Waals surface area contributed by atoms with E-state index in [9.17, 15) is 24.3 Å². The summed E-state index contributed by atoms with van der Waals surface area (Å²) < 4.78 is 5.40. The fourth-order valence-electron chi connectivity index (χ4n) is 7.20. The van der Waals surface area contributed by atoms with Gasteiger partial charge in [0.2, 0.25) is 11.8 Å². The van der Waals surface area contributed by atoms with Crippen LogP contribution in [0.25, 0.3) is 0 Å². The number of ketones is 2. The molecule has 8 heteroatoms. The molecular weight excluding hydrogens is 538 g/mol. The van der Waals surface area contributed by atoms with Crippen LogP contribution < -0.4 is 4.74 Å². The van der Waals surface area contributed by atoms with Crippen LogP contribution in [0.5, 0.6) is 11.5 Å². The van der Waals surface area contributed by atoms with Gasteiger partial charge in [-0.3, -0.25) is 24.1 Å². The SMILES string of the molecule is COc1ccc(C2C3=CCC4C(=O)N(C5CCCCC5)C(=O)C4C3CC3=C2C(=O)C=C(Br)C3=O)cc1O. The minimum atomic E-state index is -0.591. The molecule has 0 radical (unpaired) electrons. The monoisotopic (exact) mass is 565 g/mol. The Balaban J connectivity index is 1.46. The quantitative estimate of drug-likeness (QED) is 0.329. The number of aromatic hydroxyl groups is 1. The molecule has 1 heterocycles. The lowest BCUT2D eigenvalue weighted by atomic mass is 9.59. The molecule has 1 aliphatic heterocycles. The van der Waals surface area contributed by atoms with Gasteiger partial charge in [-0.25, -0.2) is 0 Å². The Kier molecular flexibility index (Phi) is 5.97. The van der Waals surface area contributed by atoms with Crippen LogP contribution in [-0.2, 0) is 19.2 Å². The summed E-state index contributed by atoms with van der Waals surface area (Å²) in [4.78, 5) is 55.5. The lowest BCUT2D eigenvalue weighted by molar-refractivity contribution is -0.143. The molecule has 0 aromatic heterocycles. The van der Waals surface area contributed by atoms with E-state index in [2.05, 4.69) is 15.9 Å². The van der Waals surface area contributed by atoms with Gasteiger partial charge in [0, 0.05) is 29.2 Å². The van der Waals surface area contributed by atoms with Gasteiger partial charge < -0.3 is 9.84 Å². The van der Waals surface area contributed by atoms with Crippen molar-refractivity contribution >= 4 is 39.3 Å². The molecule has 4 unspecified atom stereocenters. The summed E-state index contributed by atoms with van der Waals surface area (Å²) in [5, 5.41) is 10.5. The first-order valence-electron chi connectivity index (χ1n) is 12.9. The number of benzene rings is 1. The largest absolute Gasteiger partial charge is 0.504 e. The minimum Gasteiger partial charge on any atom is -0.504 e. The number of hydrogen-bond donors (Lipinski definition) is 1. The van der Waals surface area contributed by atoms with E-state index in [-0.39, 0.29) is 52.0 Å². The number of rotatable bonds is 3. The van der Waals surface area contributed by atoms with Crippen LogP contribution in [0.1, 0.15) is 56.4 Å². The number of nitrogens with zero attached hydrogens (tertiary/aromatic N) is 1. The number of imide groups is 1. The molecule has 4 aliphatic carbocycles. The van der Waals surface area contributed by atoms with E-state index in [1.165, 1.54) is 18.1 Å². The zero-order chi connectivity index (χ0) is 26.0. The van der Waals surface area contributed by atoms with Crippen molar-refractivity contribution in [2.75, 3.05) is 7.11 Å². The van der Waals surface area contributed by atoms with Gasteiger partial charge in [-0.15, -0.1) is 0 Å². The van der Waals surface area contributed by atoms with Crippen molar-refractivity contribution in [1.82, 2.24) is 4.90 Å². The predicted octanol–water partition coefficient (Wildman–Crippen LogP) is 4.50. The van der Waals surface area contributed by atoms with Gasteiger partial charge in [-0.2, -0.15) is 0 Å². The topological polar surface area (TPSA) is 101 Å². The number of allylic oxidation sites excluding steroid dienone is 6. The molecule has 0 bridgehead atoms. The third-order valence-electron chi connectivity index (χ3n) is 8.84. The van der Waals surface area contributed by atoms with Crippen LogP contribution in [0.3, 0.4) is 0 Å². The number of hydrogen-bond acceptors (Lipinski definition) is 6. The van der Waals surface area contributed by atoms with E-state index in [4.69, 9.17) is 4.74 Å². The maximum atomic E-state index is 13.9. The number of phenols is 1. The molecule has 4 atom stereocenters. The summed E-state index contributed by atoms with van der Waals surface area (Å²) in [6.45, 7) is 0. The van der Waals surface area contributed by atoms with Crippen molar-refractivity contribution in [3.8, 4) is 11.5 Å². The number of methoxy groups -OCH3 is 1. The van der Waals surface area contributed by atoms with E-state index >= 15 is 0 Å². The molecule has 37 heavy (non-hydrogen) atoms. The fraction of sp³-hybridized carbons (Fsp3) is 0.448. The molecule has 7 nitrogen and oxygen atoms in total. The van der Waals surface area contributed by atoms with Crippen molar-refractivity contribution in [1.29, 1.82) is 0 Å². The van der Waals surface area contributed by atoms with Crippen LogP contribution in [0.4, 0.5) is 0 Å². The molecule has 1 aromatic rings.